The fourth-order valence-corrected chi connectivity index (χ4v) is 4.90. The van der Waals surface area contributed by atoms with Crippen molar-refractivity contribution in [2.24, 2.45) is 0 Å². The zero-order chi connectivity index (χ0) is 28.9. The van der Waals surface area contributed by atoms with E-state index in [4.69, 9.17) is 15.2 Å². The summed E-state index contributed by atoms with van der Waals surface area (Å²) in [6, 6.07) is 16.5. The third-order valence-electron chi connectivity index (χ3n) is 7.11. The standard InChI is InChI=1S/C29H37N7O5/c1-35(2)13-4-14-40-21-6-3-5-20(15-21)19-9-7-18(8-10-19)11-12-31-29-34-23-26(30)32-17-33-27(23)36(29)28-25(39)24(38)22(16-37)41-28/h3,5-10,15,17,22,24-25,28,37-39H,4,11-14,16H2,1-2H3,(H,31,34)(H2,30,32,33)/t22-,24-,25-,28-/m1/s1. The summed E-state index contributed by atoms with van der Waals surface area (Å²) >= 11 is 0. The number of hydrogen-bond donors (Lipinski definition) is 5. The van der Waals surface area contributed by atoms with Gasteiger partial charge in [-0.2, -0.15) is 0 Å². The minimum atomic E-state index is -1.30. The Morgan fingerprint density at radius 3 is 2.61 bits per heavy atom. The SMILES string of the molecule is CN(C)CCCOc1cccc(-c2ccc(CCNc3nc4c(N)ncnc4n3[C@@H]3O[C@H](CO)[C@@H](O)[C@H]3O)cc2)c1. The number of imidazole rings is 1. The highest BCUT2D eigenvalue weighted by Crippen LogP contribution is 2.35. The van der Waals surface area contributed by atoms with Crippen LogP contribution in [-0.2, 0) is 11.2 Å². The van der Waals surface area contributed by atoms with Gasteiger partial charge in [0.05, 0.1) is 13.2 Å². The van der Waals surface area contributed by atoms with Gasteiger partial charge in [-0.15, -0.1) is 0 Å². The number of aliphatic hydroxyl groups excluding tert-OH is 3. The topological polar surface area (TPSA) is 164 Å². The van der Waals surface area contributed by atoms with Crippen molar-refractivity contribution in [1.29, 1.82) is 0 Å². The lowest BCUT2D eigenvalue weighted by Gasteiger charge is -2.19. The summed E-state index contributed by atoms with van der Waals surface area (Å²) in [6.07, 6.45) is -1.55. The molecule has 6 N–H and O–H groups in total. The van der Waals surface area contributed by atoms with Gasteiger partial charge >= 0.3 is 0 Å². The average Bonchev–Trinajstić information content (AvgIpc) is 3.48. The van der Waals surface area contributed by atoms with Gasteiger partial charge in [0, 0.05) is 13.1 Å². The largest absolute Gasteiger partial charge is 0.494 e. The van der Waals surface area contributed by atoms with Crippen LogP contribution >= 0.6 is 0 Å². The molecular formula is C29H37N7O5. The van der Waals surface area contributed by atoms with Crippen molar-refractivity contribution in [2.75, 3.05) is 51.4 Å². The van der Waals surface area contributed by atoms with Gasteiger partial charge in [0.1, 0.15) is 30.4 Å². The van der Waals surface area contributed by atoms with Crippen molar-refractivity contribution >= 4 is 22.9 Å². The second-order valence-electron chi connectivity index (χ2n) is 10.4. The van der Waals surface area contributed by atoms with Gasteiger partial charge in [0.2, 0.25) is 5.95 Å². The minimum absolute atomic E-state index is 0.183. The van der Waals surface area contributed by atoms with Gasteiger partial charge < -0.3 is 40.7 Å². The molecule has 4 atom stereocenters. The van der Waals surface area contributed by atoms with Crippen molar-refractivity contribution < 1.29 is 24.8 Å². The average molecular weight is 564 g/mol. The molecule has 0 aliphatic carbocycles. The fourth-order valence-electron chi connectivity index (χ4n) is 4.90. The molecule has 1 saturated heterocycles. The van der Waals surface area contributed by atoms with Crippen LogP contribution in [0.2, 0.25) is 0 Å². The van der Waals surface area contributed by atoms with E-state index in [1.807, 2.05) is 12.1 Å². The lowest BCUT2D eigenvalue weighted by Crippen LogP contribution is -2.33. The first-order valence-electron chi connectivity index (χ1n) is 13.7. The lowest BCUT2D eigenvalue weighted by atomic mass is 10.0. The van der Waals surface area contributed by atoms with E-state index in [1.165, 1.54) is 6.33 Å². The van der Waals surface area contributed by atoms with E-state index in [0.29, 0.717) is 36.7 Å². The van der Waals surface area contributed by atoms with E-state index in [0.717, 1.165) is 35.4 Å². The van der Waals surface area contributed by atoms with E-state index < -0.39 is 31.1 Å². The number of nitrogen functional groups attached to an aromatic ring is 1. The molecule has 1 aliphatic rings. The zero-order valence-corrected chi connectivity index (χ0v) is 23.2. The van der Waals surface area contributed by atoms with Crippen LogP contribution in [0.5, 0.6) is 5.75 Å². The van der Waals surface area contributed by atoms with Crippen molar-refractivity contribution in [1.82, 2.24) is 24.4 Å². The second kappa shape index (κ2) is 12.8. The first-order valence-corrected chi connectivity index (χ1v) is 13.7. The fraction of sp³-hybridized carbons (Fsp3) is 0.414. The number of aliphatic hydroxyl groups is 3. The van der Waals surface area contributed by atoms with Crippen LogP contribution in [0.25, 0.3) is 22.3 Å². The molecule has 2 aromatic carbocycles. The normalized spacial score (nSPS) is 20.6. The van der Waals surface area contributed by atoms with Gasteiger partial charge in [-0.1, -0.05) is 36.4 Å². The molecule has 0 radical (unpaired) electrons. The highest BCUT2D eigenvalue weighted by molar-refractivity contribution is 5.84. The third kappa shape index (κ3) is 6.42. The Morgan fingerprint density at radius 2 is 1.88 bits per heavy atom. The molecule has 12 nitrogen and oxygen atoms in total. The maximum Gasteiger partial charge on any atom is 0.207 e. The maximum atomic E-state index is 10.7. The Morgan fingerprint density at radius 1 is 1.07 bits per heavy atom. The van der Waals surface area contributed by atoms with Crippen LogP contribution in [-0.4, -0.2) is 98.4 Å². The molecule has 0 bridgehead atoms. The van der Waals surface area contributed by atoms with Crippen molar-refractivity contribution in [3.63, 3.8) is 0 Å². The number of anilines is 2. The smallest absolute Gasteiger partial charge is 0.207 e. The van der Waals surface area contributed by atoms with Crippen LogP contribution < -0.4 is 15.8 Å². The number of rotatable bonds is 12. The Bertz CT molecular complexity index is 1450. The van der Waals surface area contributed by atoms with Crippen molar-refractivity contribution in [2.45, 2.75) is 37.4 Å². The Labute approximate surface area is 238 Å². The van der Waals surface area contributed by atoms with Crippen LogP contribution in [0, 0.1) is 0 Å². The van der Waals surface area contributed by atoms with Gasteiger partial charge in [-0.3, -0.25) is 4.57 Å². The number of nitrogens with zero attached hydrogens (tertiary/aromatic N) is 5. The molecule has 1 aliphatic heterocycles. The zero-order valence-electron chi connectivity index (χ0n) is 23.2. The number of benzene rings is 2. The molecule has 41 heavy (non-hydrogen) atoms. The van der Waals surface area contributed by atoms with Gasteiger partial charge in [-0.05, 0) is 55.8 Å². The molecule has 0 amide bonds. The molecule has 0 saturated carbocycles. The second-order valence-corrected chi connectivity index (χ2v) is 10.4. The van der Waals surface area contributed by atoms with E-state index in [-0.39, 0.29) is 5.82 Å². The summed E-state index contributed by atoms with van der Waals surface area (Å²) in [4.78, 5) is 15.0. The number of hydrogen-bond acceptors (Lipinski definition) is 11. The summed E-state index contributed by atoms with van der Waals surface area (Å²) in [7, 11) is 4.11. The van der Waals surface area contributed by atoms with E-state index in [1.54, 1.807) is 4.57 Å². The summed E-state index contributed by atoms with van der Waals surface area (Å²) in [5.74, 6) is 1.40. The first kappa shape index (κ1) is 28.7. The number of fused-ring (bicyclic) bond motifs is 1. The van der Waals surface area contributed by atoms with Gasteiger partial charge in [0.25, 0.3) is 0 Å². The minimum Gasteiger partial charge on any atom is -0.494 e. The molecular weight excluding hydrogens is 526 g/mol. The predicted molar refractivity (Wildman–Crippen MR) is 155 cm³/mol. The molecule has 2 aromatic heterocycles. The quantitative estimate of drug-likeness (QED) is 0.159. The van der Waals surface area contributed by atoms with Crippen LogP contribution in [0.1, 0.15) is 18.2 Å². The summed E-state index contributed by atoms with van der Waals surface area (Å²) in [5.41, 5.74) is 10.0. The van der Waals surface area contributed by atoms with Crippen molar-refractivity contribution in [3.05, 3.63) is 60.4 Å². The number of ether oxygens (including phenoxy) is 2. The van der Waals surface area contributed by atoms with Crippen LogP contribution in [0.4, 0.5) is 11.8 Å². The van der Waals surface area contributed by atoms with Crippen LogP contribution in [0.3, 0.4) is 0 Å². The van der Waals surface area contributed by atoms with Crippen molar-refractivity contribution in [3.8, 4) is 16.9 Å². The summed E-state index contributed by atoms with van der Waals surface area (Å²) < 4.78 is 13.2. The summed E-state index contributed by atoms with van der Waals surface area (Å²) in [5, 5.41) is 33.8. The Balaban J connectivity index is 1.25. The van der Waals surface area contributed by atoms with E-state index in [9.17, 15) is 15.3 Å². The third-order valence-corrected chi connectivity index (χ3v) is 7.11. The molecule has 0 unspecified atom stereocenters. The molecule has 218 valence electrons. The monoisotopic (exact) mass is 563 g/mol. The highest BCUT2D eigenvalue weighted by atomic mass is 16.6. The highest BCUT2D eigenvalue weighted by Gasteiger charge is 2.45. The summed E-state index contributed by atoms with van der Waals surface area (Å²) in [6.45, 7) is 1.74. The molecule has 1 fully saturated rings. The maximum absolute atomic E-state index is 10.7. The molecule has 5 rings (SSSR count). The Kier molecular flexibility index (Phi) is 8.96. The molecule has 3 heterocycles. The predicted octanol–water partition coefficient (Wildman–Crippen LogP) is 1.67. The number of aromatic nitrogens is 4. The molecule has 0 spiro atoms. The molecule has 12 heteroatoms. The van der Waals surface area contributed by atoms with E-state index in [2.05, 4.69) is 75.7 Å². The first-order chi connectivity index (χ1) is 19.9. The van der Waals surface area contributed by atoms with Gasteiger partial charge in [0.15, 0.2) is 23.2 Å². The Hall–Kier alpha value is -3.81. The van der Waals surface area contributed by atoms with Crippen LogP contribution in [0.15, 0.2) is 54.9 Å². The number of nitrogens with one attached hydrogen (secondary N) is 1. The lowest BCUT2D eigenvalue weighted by molar-refractivity contribution is -0.0501. The molecule has 4 aromatic rings. The van der Waals surface area contributed by atoms with E-state index >= 15 is 0 Å². The van der Waals surface area contributed by atoms with Gasteiger partial charge in [-0.25, -0.2) is 15.0 Å². The number of nitrogens with two attached hydrogens (primary N) is 1.